The first-order valence-corrected chi connectivity index (χ1v) is 11.6. The zero-order valence-corrected chi connectivity index (χ0v) is 17.6. The number of aromatic nitrogens is 1. The van der Waals surface area contributed by atoms with E-state index in [2.05, 4.69) is 10.3 Å². The number of halogens is 1. The fourth-order valence-electron chi connectivity index (χ4n) is 5.51. The largest absolute Gasteiger partial charge is 0.325 e. The first-order valence-electron chi connectivity index (χ1n) is 9.92. The van der Waals surface area contributed by atoms with Crippen molar-refractivity contribution < 1.29 is 18.8 Å². The van der Waals surface area contributed by atoms with Gasteiger partial charge in [0.1, 0.15) is 12.4 Å². The number of carbonyl (C=O) groups is 3. The maximum atomic E-state index is 13.1. The predicted molar refractivity (Wildman–Crippen MR) is 113 cm³/mol. The van der Waals surface area contributed by atoms with E-state index in [1.807, 2.05) is 6.08 Å². The molecule has 6 rings (SSSR count). The van der Waals surface area contributed by atoms with Gasteiger partial charge in [-0.1, -0.05) is 28.7 Å². The van der Waals surface area contributed by atoms with Gasteiger partial charge in [0.15, 0.2) is 0 Å². The number of hydrogen-bond acceptors (Lipinski definition) is 6. The lowest BCUT2D eigenvalue weighted by atomic mass is 9.77. The van der Waals surface area contributed by atoms with Crippen LogP contribution in [0.2, 0.25) is 0 Å². The minimum Gasteiger partial charge on any atom is -0.325 e. The van der Waals surface area contributed by atoms with Gasteiger partial charge in [0.2, 0.25) is 17.7 Å². The molecular formula is C21H16FN3O4S2. The summed E-state index contributed by atoms with van der Waals surface area (Å²) in [6.45, 7) is -0.348. The summed E-state index contributed by atoms with van der Waals surface area (Å²) in [4.78, 5) is 55.1. The molecule has 31 heavy (non-hydrogen) atoms. The molecular weight excluding hydrogens is 441 g/mol. The van der Waals surface area contributed by atoms with E-state index in [4.69, 9.17) is 0 Å². The van der Waals surface area contributed by atoms with E-state index in [9.17, 15) is 23.6 Å². The Morgan fingerprint density at radius 3 is 2.68 bits per heavy atom. The highest BCUT2D eigenvalue weighted by Gasteiger charge is 2.66. The van der Waals surface area contributed by atoms with Crippen LogP contribution in [0.4, 0.5) is 10.1 Å². The molecule has 2 aromatic rings. The number of hydrogen-bond donors (Lipinski definition) is 2. The number of amides is 3. The summed E-state index contributed by atoms with van der Waals surface area (Å²) in [6, 6.07) is 5.30. The second-order valence-corrected chi connectivity index (χ2v) is 10.4. The van der Waals surface area contributed by atoms with Crippen LogP contribution in [0.5, 0.6) is 0 Å². The van der Waals surface area contributed by atoms with Crippen LogP contribution in [0.25, 0.3) is 6.08 Å². The van der Waals surface area contributed by atoms with Gasteiger partial charge < -0.3 is 10.3 Å². The number of thiazole rings is 1. The Balaban J connectivity index is 1.23. The number of carbonyl (C=O) groups excluding carboxylic acids is 3. The molecule has 3 amide bonds. The normalized spacial score (nSPS) is 30.2. The van der Waals surface area contributed by atoms with Gasteiger partial charge in [-0.2, -0.15) is 0 Å². The first-order chi connectivity index (χ1) is 14.9. The molecule has 5 atom stereocenters. The van der Waals surface area contributed by atoms with E-state index in [1.165, 1.54) is 24.3 Å². The zero-order valence-electron chi connectivity index (χ0n) is 16.0. The second-order valence-electron chi connectivity index (χ2n) is 8.27. The number of nitrogens with one attached hydrogen (secondary N) is 2. The molecule has 1 aromatic carbocycles. The molecule has 2 N–H and O–H groups in total. The van der Waals surface area contributed by atoms with Crippen molar-refractivity contribution >= 4 is 52.6 Å². The number of likely N-dealkylation sites (tertiary alicyclic amines) is 1. The molecule has 0 radical (unpaired) electrons. The van der Waals surface area contributed by atoms with Gasteiger partial charge in [0, 0.05) is 10.9 Å². The summed E-state index contributed by atoms with van der Waals surface area (Å²) in [7, 11) is 0. The third-order valence-corrected chi connectivity index (χ3v) is 9.06. The molecule has 3 heterocycles. The Morgan fingerprint density at radius 1 is 1.16 bits per heavy atom. The van der Waals surface area contributed by atoms with Crippen LogP contribution >= 0.6 is 23.1 Å². The lowest BCUT2D eigenvalue weighted by molar-refractivity contribution is -0.143. The Labute approximate surface area is 183 Å². The van der Waals surface area contributed by atoms with Gasteiger partial charge >= 0.3 is 4.87 Å². The summed E-state index contributed by atoms with van der Waals surface area (Å²) in [5.41, 5.74) is 1.54. The van der Waals surface area contributed by atoms with E-state index < -0.39 is 23.6 Å². The number of anilines is 1. The molecule has 2 bridgehead atoms. The number of aromatic amines is 1. The molecule has 0 unspecified atom stereocenters. The minimum atomic E-state index is -0.494. The van der Waals surface area contributed by atoms with Crippen molar-refractivity contribution in [2.45, 2.75) is 16.7 Å². The number of nitrogens with zero attached hydrogens (tertiary/aromatic N) is 1. The van der Waals surface area contributed by atoms with Gasteiger partial charge in [-0.15, -0.1) is 0 Å². The smallest absolute Gasteiger partial charge is 0.305 e. The molecule has 1 saturated heterocycles. The fourth-order valence-corrected chi connectivity index (χ4v) is 7.95. The zero-order chi connectivity index (χ0) is 21.4. The standard InChI is InChI=1S/C21H16FN3O4S2/c22-8-1-3-9(4-2-8)23-14(26)7-25-19(27)15-10-5-12(16(15)20(25)28)17-11(10)6-13-18(31-17)24-21(29)30-13/h1-4,6,10,12,15-17H,5,7H2,(H,23,26)(H,24,29)/t10-,12-,15-,16+,17-/m1/s1. The third-order valence-electron chi connectivity index (χ3n) is 6.67. The summed E-state index contributed by atoms with van der Waals surface area (Å²) < 4.78 is 13.0. The lowest BCUT2D eigenvalue weighted by Gasteiger charge is -2.32. The van der Waals surface area contributed by atoms with Crippen molar-refractivity contribution in [2.24, 2.45) is 23.7 Å². The SMILES string of the molecule is O=C(CN1C(=O)[C@H]2[C@H]3C[C@H](C4=Cc5sc(=O)[nH]c5S[C@H]43)[C@H]2C1=O)Nc1ccc(F)cc1. The first kappa shape index (κ1) is 19.0. The Kier molecular flexibility index (Phi) is 4.07. The van der Waals surface area contributed by atoms with Crippen LogP contribution in [0, 0.1) is 29.5 Å². The van der Waals surface area contributed by atoms with Crippen LogP contribution in [-0.2, 0) is 14.4 Å². The maximum Gasteiger partial charge on any atom is 0.305 e. The monoisotopic (exact) mass is 457 g/mol. The fraction of sp³-hybridized carbons (Fsp3) is 0.333. The molecule has 0 spiro atoms. The van der Waals surface area contributed by atoms with Gasteiger partial charge in [-0.05, 0) is 48.6 Å². The molecule has 158 valence electrons. The van der Waals surface area contributed by atoms with Crippen molar-refractivity contribution in [3.8, 4) is 0 Å². The average Bonchev–Trinajstić information content (AvgIpc) is 3.45. The van der Waals surface area contributed by atoms with Gasteiger partial charge in [-0.3, -0.25) is 24.1 Å². The molecule has 1 aromatic heterocycles. The second kappa shape index (κ2) is 6.64. The number of H-pyrrole nitrogens is 1. The molecule has 7 nitrogen and oxygen atoms in total. The van der Waals surface area contributed by atoms with Crippen molar-refractivity contribution in [1.82, 2.24) is 9.88 Å². The Bertz CT molecular complexity index is 1230. The van der Waals surface area contributed by atoms with E-state index in [1.54, 1.807) is 11.8 Å². The van der Waals surface area contributed by atoms with E-state index >= 15 is 0 Å². The Morgan fingerprint density at radius 2 is 1.90 bits per heavy atom. The maximum absolute atomic E-state index is 13.1. The highest BCUT2D eigenvalue weighted by Crippen LogP contribution is 2.64. The van der Waals surface area contributed by atoms with E-state index in [0.717, 1.165) is 38.1 Å². The van der Waals surface area contributed by atoms with E-state index in [-0.39, 0.29) is 40.3 Å². The van der Waals surface area contributed by atoms with Crippen LogP contribution in [-0.4, -0.2) is 39.4 Å². The highest BCUT2D eigenvalue weighted by atomic mass is 32.2. The van der Waals surface area contributed by atoms with Crippen molar-refractivity contribution in [3.05, 3.63) is 50.2 Å². The minimum absolute atomic E-state index is 0.0180. The quantitative estimate of drug-likeness (QED) is 0.690. The van der Waals surface area contributed by atoms with Crippen LogP contribution < -0.4 is 10.2 Å². The van der Waals surface area contributed by atoms with Gasteiger partial charge in [-0.25, -0.2) is 4.39 Å². The number of rotatable bonds is 3. The molecule has 2 aliphatic carbocycles. The molecule has 10 heteroatoms. The van der Waals surface area contributed by atoms with Crippen molar-refractivity contribution in [3.63, 3.8) is 0 Å². The molecule has 2 saturated carbocycles. The van der Waals surface area contributed by atoms with E-state index in [0.29, 0.717) is 5.69 Å². The van der Waals surface area contributed by atoms with Crippen LogP contribution in [0.15, 0.2) is 39.7 Å². The third kappa shape index (κ3) is 2.77. The lowest BCUT2D eigenvalue weighted by Crippen LogP contribution is -2.39. The predicted octanol–water partition coefficient (Wildman–Crippen LogP) is 2.32. The van der Waals surface area contributed by atoms with Crippen molar-refractivity contribution in [2.75, 3.05) is 11.9 Å². The summed E-state index contributed by atoms with van der Waals surface area (Å²) >= 11 is 2.73. The van der Waals surface area contributed by atoms with Crippen LogP contribution in [0.3, 0.4) is 0 Å². The molecule has 4 aliphatic rings. The van der Waals surface area contributed by atoms with Crippen LogP contribution in [0.1, 0.15) is 11.3 Å². The van der Waals surface area contributed by atoms with Gasteiger partial charge in [0.25, 0.3) is 0 Å². The number of fused-ring (bicyclic) bond motifs is 9. The Hall–Kier alpha value is -2.72. The number of thioether (sulfide) groups is 1. The summed E-state index contributed by atoms with van der Waals surface area (Å²) in [5, 5.41) is 3.52. The summed E-state index contributed by atoms with van der Waals surface area (Å²) in [6.07, 6.45) is 2.80. The number of benzene rings is 1. The average molecular weight is 458 g/mol. The molecule has 2 aliphatic heterocycles. The van der Waals surface area contributed by atoms with Crippen molar-refractivity contribution in [1.29, 1.82) is 0 Å². The van der Waals surface area contributed by atoms with Gasteiger partial charge in [0.05, 0.1) is 21.7 Å². The summed E-state index contributed by atoms with van der Waals surface area (Å²) in [5.74, 6) is -2.36. The highest BCUT2D eigenvalue weighted by molar-refractivity contribution is 8.00. The number of imide groups is 1. The molecule has 3 fully saturated rings. The topological polar surface area (TPSA) is 99.3 Å².